The Hall–Kier alpha value is -0.970. The van der Waals surface area contributed by atoms with Crippen LogP contribution in [0.2, 0.25) is 10.0 Å². The molecule has 0 aliphatic rings. The monoisotopic (exact) mass is 290 g/mol. The molecule has 1 rings (SSSR count). The van der Waals surface area contributed by atoms with Gasteiger partial charge in [-0.15, -0.1) is 0 Å². The van der Waals surface area contributed by atoms with Crippen molar-refractivity contribution < 1.29 is 9.53 Å². The van der Waals surface area contributed by atoms with E-state index in [1.165, 1.54) is 0 Å². The Morgan fingerprint density at radius 3 is 2.83 bits per heavy atom. The molecule has 0 unspecified atom stereocenters. The minimum absolute atomic E-state index is 0.0807. The first-order chi connectivity index (χ1) is 8.63. The van der Waals surface area contributed by atoms with E-state index >= 15 is 0 Å². The molecule has 0 saturated carbocycles. The Labute approximate surface area is 116 Å². The molecule has 0 atom stereocenters. The predicted octanol–water partition coefficient (Wildman–Crippen LogP) is 2.23. The zero-order chi connectivity index (χ0) is 13.4. The highest BCUT2D eigenvalue weighted by molar-refractivity contribution is 6.34. The van der Waals surface area contributed by atoms with Crippen LogP contribution in [0.5, 0.6) is 5.75 Å². The molecule has 0 spiro atoms. The Kier molecular flexibility index (Phi) is 6.86. The predicted molar refractivity (Wildman–Crippen MR) is 73.3 cm³/mol. The average molecular weight is 291 g/mol. The maximum absolute atomic E-state index is 11.4. The highest BCUT2D eigenvalue weighted by Crippen LogP contribution is 2.27. The van der Waals surface area contributed by atoms with Crippen LogP contribution in [-0.4, -0.2) is 25.6 Å². The van der Waals surface area contributed by atoms with Gasteiger partial charge in [-0.1, -0.05) is 23.2 Å². The number of rotatable bonds is 7. The van der Waals surface area contributed by atoms with Crippen molar-refractivity contribution in [1.29, 1.82) is 0 Å². The number of nitrogens with two attached hydrogens (primary N) is 1. The van der Waals surface area contributed by atoms with E-state index in [0.29, 0.717) is 28.9 Å². The summed E-state index contributed by atoms with van der Waals surface area (Å²) in [5.41, 5.74) is 5.35. The lowest BCUT2D eigenvalue weighted by molar-refractivity contribution is -0.123. The van der Waals surface area contributed by atoms with Crippen LogP contribution >= 0.6 is 23.2 Å². The molecule has 6 heteroatoms. The molecular weight excluding hydrogens is 275 g/mol. The van der Waals surface area contributed by atoms with Gasteiger partial charge in [0.25, 0.3) is 5.91 Å². The standard InChI is InChI=1S/C12H16Cl2N2O2/c13-9-3-4-10(14)11(7-9)18-8-12(17)16-6-2-1-5-15/h3-4,7H,1-2,5-6,8,15H2,(H,16,17). The molecule has 0 saturated heterocycles. The highest BCUT2D eigenvalue weighted by atomic mass is 35.5. The molecule has 100 valence electrons. The quantitative estimate of drug-likeness (QED) is 0.757. The number of carbonyl (C=O) groups excluding carboxylic acids is 1. The first-order valence-electron chi connectivity index (χ1n) is 5.68. The zero-order valence-corrected chi connectivity index (χ0v) is 11.4. The maximum Gasteiger partial charge on any atom is 0.257 e. The number of benzene rings is 1. The molecule has 0 aliphatic carbocycles. The number of amides is 1. The van der Waals surface area contributed by atoms with Crippen LogP contribution in [0.25, 0.3) is 0 Å². The van der Waals surface area contributed by atoms with Crippen molar-refractivity contribution >= 4 is 29.1 Å². The summed E-state index contributed by atoms with van der Waals surface area (Å²) < 4.78 is 5.28. The van der Waals surface area contributed by atoms with Crippen LogP contribution in [0.3, 0.4) is 0 Å². The lowest BCUT2D eigenvalue weighted by Crippen LogP contribution is -2.30. The van der Waals surface area contributed by atoms with Gasteiger partial charge in [0.2, 0.25) is 0 Å². The van der Waals surface area contributed by atoms with Crippen LogP contribution in [0.15, 0.2) is 18.2 Å². The van der Waals surface area contributed by atoms with Gasteiger partial charge in [0.15, 0.2) is 6.61 Å². The molecule has 4 nitrogen and oxygen atoms in total. The Morgan fingerprint density at radius 2 is 2.11 bits per heavy atom. The maximum atomic E-state index is 11.4. The Balaban J connectivity index is 2.31. The SMILES string of the molecule is NCCCCNC(=O)COc1cc(Cl)ccc1Cl. The molecule has 0 heterocycles. The van der Waals surface area contributed by atoms with Crippen molar-refractivity contribution in [1.82, 2.24) is 5.32 Å². The molecule has 0 radical (unpaired) electrons. The van der Waals surface area contributed by atoms with Gasteiger partial charge in [0, 0.05) is 17.6 Å². The van der Waals surface area contributed by atoms with Crippen molar-refractivity contribution in [3.05, 3.63) is 28.2 Å². The number of unbranched alkanes of at least 4 members (excludes halogenated alkanes) is 1. The smallest absolute Gasteiger partial charge is 0.257 e. The van der Waals surface area contributed by atoms with Crippen LogP contribution in [0.4, 0.5) is 0 Å². The van der Waals surface area contributed by atoms with E-state index in [0.717, 1.165) is 12.8 Å². The summed E-state index contributed by atoms with van der Waals surface area (Å²) in [6.45, 7) is 1.15. The van der Waals surface area contributed by atoms with Crippen LogP contribution in [0, 0.1) is 0 Å². The Bertz CT molecular complexity index is 400. The summed E-state index contributed by atoms with van der Waals surface area (Å²) in [7, 11) is 0. The molecular formula is C12H16Cl2N2O2. The number of halogens is 2. The van der Waals surface area contributed by atoms with E-state index < -0.39 is 0 Å². The van der Waals surface area contributed by atoms with Crippen LogP contribution in [-0.2, 0) is 4.79 Å². The van der Waals surface area contributed by atoms with Gasteiger partial charge >= 0.3 is 0 Å². The normalized spacial score (nSPS) is 10.2. The van der Waals surface area contributed by atoms with E-state index in [4.69, 9.17) is 33.7 Å². The topological polar surface area (TPSA) is 64.3 Å². The molecule has 1 aromatic rings. The van der Waals surface area contributed by atoms with E-state index in [-0.39, 0.29) is 12.5 Å². The summed E-state index contributed by atoms with van der Waals surface area (Å²) in [5, 5.41) is 3.66. The van der Waals surface area contributed by atoms with Gasteiger partial charge in [-0.3, -0.25) is 4.79 Å². The van der Waals surface area contributed by atoms with Crippen LogP contribution in [0.1, 0.15) is 12.8 Å². The minimum atomic E-state index is -0.192. The number of hydrogen-bond donors (Lipinski definition) is 2. The number of ether oxygens (including phenoxy) is 1. The van der Waals surface area contributed by atoms with Crippen molar-refractivity contribution in [2.45, 2.75) is 12.8 Å². The molecule has 18 heavy (non-hydrogen) atoms. The van der Waals surface area contributed by atoms with Gasteiger partial charge in [-0.2, -0.15) is 0 Å². The summed E-state index contributed by atoms with van der Waals surface area (Å²) >= 11 is 11.7. The summed E-state index contributed by atoms with van der Waals surface area (Å²) in [4.78, 5) is 11.4. The van der Waals surface area contributed by atoms with Gasteiger partial charge in [0.05, 0.1) is 5.02 Å². The van der Waals surface area contributed by atoms with Gasteiger partial charge < -0.3 is 15.8 Å². The van der Waals surface area contributed by atoms with Gasteiger partial charge in [-0.05, 0) is 31.5 Å². The van der Waals surface area contributed by atoms with E-state index in [1.807, 2.05) is 0 Å². The van der Waals surface area contributed by atoms with Crippen molar-refractivity contribution in [2.75, 3.05) is 19.7 Å². The second kappa shape index (κ2) is 8.19. The summed E-state index contributed by atoms with van der Waals surface area (Å²) in [6, 6.07) is 4.85. The van der Waals surface area contributed by atoms with Crippen molar-refractivity contribution in [3.8, 4) is 5.75 Å². The van der Waals surface area contributed by atoms with E-state index in [1.54, 1.807) is 18.2 Å². The molecule has 0 aliphatic heterocycles. The summed E-state index contributed by atoms with van der Waals surface area (Å²) in [6.07, 6.45) is 1.75. The second-order valence-corrected chi connectivity index (χ2v) is 4.55. The highest BCUT2D eigenvalue weighted by Gasteiger charge is 2.06. The Morgan fingerprint density at radius 1 is 1.33 bits per heavy atom. The molecule has 0 bridgehead atoms. The van der Waals surface area contributed by atoms with E-state index in [9.17, 15) is 4.79 Å². The zero-order valence-electron chi connectivity index (χ0n) is 9.92. The molecule has 0 fully saturated rings. The molecule has 1 amide bonds. The second-order valence-electron chi connectivity index (χ2n) is 3.71. The lowest BCUT2D eigenvalue weighted by atomic mass is 10.3. The third-order valence-electron chi connectivity index (χ3n) is 2.21. The van der Waals surface area contributed by atoms with E-state index in [2.05, 4.69) is 5.32 Å². The number of carbonyl (C=O) groups is 1. The number of hydrogen-bond acceptors (Lipinski definition) is 3. The molecule has 0 aromatic heterocycles. The fourth-order valence-electron chi connectivity index (χ4n) is 1.28. The van der Waals surface area contributed by atoms with Crippen molar-refractivity contribution in [3.63, 3.8) is 0 Å². The first-order valence-corrected chi connectivity index (χ1v) is 6.43. The first kappa shape index (κ1) is 15.1. The van der Waals surface area contributed by atoms with Gasteiger partial charge in [0.1, 0.15) is 5.75 Å². The average Bonchev–Trinajstić information content (AvgIpc) is 2.36. The third-order valence-corrected chi connectivity index (χ3v) is 2.75. The molecule has 1 aromatic carbocycles. The van der Waals surface area contributed by atoms with Crippen molar-refractivity contribution in [2.24, 2.45) is 5.73 Å². The fourth-order valence-corrected chi connectivity index (χ4v) is 1.61. The number of nitrogens with one attached hydrogen (secondary N) is 1. The fraction of sp³-hybridized carbons (Fsp3) is 0.417. The lowest BCUT2D eigenvalue weighted by Gasteiger charge is -2.08. The summed E-state index contributed by atoms with van der Waals surface area (Å²) in [5.74, 6) is 0.212. The largest absolute Gasteiger partial charge is 0.482 e. The third kappa shape index (κ3) is 5.58. The molecule has 3 N–H and O–H groups in total. The van der Waals surface area contributed by atoms with Gasteiger partial charge in [-0.25, -0.2) is 0 Å². The minimum Gasteiger partial charge on any atom is -0.482 e. The van der Waals surface area contributed by atoms with Crippen LogP contribution < -0.4 is 15.8 Å².